The lowest BCUT2D eigenvalue weighted by molar-refractivity contribution is 0.156. The number of aryl methyl sites for hydroxylation is 1. The van der Waals surface area contributed by atoms with Crippen LogP contribution in [0.25, 0.3) is 0 Å². The van der Waals surface area contributed by atoms with Crippen molar-refractivity contribution in [2.24, 2.45) is 5.41 Å². The molecule has 0 fully saturated rings. The number of hydrogen-bond donors (Lipinski definition) is 2. The summed E-state index contributed by atoms with van der Waals surface area (Å²) in [5.74, 6) is 0. The maximum absolute atomic E-state index is 9.19. The molecule has 0 aliphatic heterocycles. The highest BCUT2D eigenvalue weighted by Crippen LogP contribution is 2.17. The third-order valence-electron chi connectivity index (χ3n) is 3.52. The molecule has 0 aliphatic rings. The minimum atomic E-state index is -0.0480. The lowest BCUT2D eigenvalue weighted by Gasteiger charge is -2.22. The first-order valence-corrected chi connectivity index (χ1v) is 6.24. The zero-order valence-electron chi connectivity index (χ0n) is 11.7. The summed E-state index contributed by atoms with van der Waals surface area (Å²) in [6.07, 6.45) is 0. The molecular weight excluding hydrogens is 210 g/mol. The molecule has 0 amide bonds. The summed E-state index contributed by atoms with van der Waals surface area (Å²) in [5.41, 5.74) is 5.40. The predicted octanol–water partition coefficient (Wildman–Crippen LogP) is 2.72. The van der Waals surface area contributed by atoms with Gasteiger partial charge in [0.1, 0.15) is 0 Å². The molecule has 1 aromatic rings. The van der Waals surface area contributed by atoms with E-state index in [4.69, 9.17) is 0 Å². The fraction of sp³-hybridized carbons (Fsp3) is 0.600. The van der Waals surface area contributed by atoms with Crippen LogP contribution in [-0.2, 0) is 6.54 Å². The molecule has 0 unspecified atom stereocenters. The average Bonchev–Trinajstić information content (AvgIpc) is 2.29. The highest BCUT2D eigenvalue weighted by Gasteiger charge is 2.15. The third kappa shape index (κ3) is 3.83. The topological polar surface area (TPSA) is 32.3 Å². The molecule has 0 heterocycles. The molecule has 0 spiro atoms. The molecule has 0 aromatic heterocycles. The molecule has 1 rings (SSSR count). The van der Waals surface area contributed by atoms with E-state index < -0.39 is 0 Å². The molecule has 2 nitrogen and oxygen atoms in total. The van der Waals surface area contributed by atoms with Gasteiger partial charge in [0.05, 0.1) is 0 Å². The fourth-order valence-corrected chi connectivity index (χ4v) is 1.80. The van der Waals surface area contributed by atoms with E-state index in [1.807, 2.05) is 0 Å². The summed E-state index contributed by atoms with van der Waals surface area (Å²) in [6.45, 7) is 12.5. The van der Waals surface area contributed by atoms with Gasteiger partial charge in [-0.25, -0.2) is 0 Å². The number of benzene rings is 1. The van der Waals surface area contributed by atoms with Gasteiger partial charge < -0.3 is 10.4 Å². The van der Waals surface area contributed by atoms with Gasteiger partial charge in [-0.15, -0.1) is 0 Å². The standard InChI is InChI=1S/C15H25NO/c1-11-6-7-14(13(3)12(11)2)8-16-9-15(4,5)10-17/h6-7,16-17H,8-10H2,1-5H3. The van der Waals surface area contributed by atoms with Gasteiger partial charge >= 0.3 is 0 Å². The van der Waals surface area contributed by atoms with E-state index >= 15 is 0 Å². The van der Waals surface area contributed by atoms with E-state index in [9.17, 15) is 5.11 Å². The zero-order valence-corrected chi connectivity index (χ0v) is 11.7. The SMILES string of the molecule is Cc1ccc(CNCC(C)(C)CO)c(C)c1C. The van der Waals surface area contributed by atoms with Crippen LogP contribution in [0.5, 0.6) is 0 Å². The van der Waals surface area contributed by atoms with E-state index in [1.54, 1.807) is 0 Å². The van der Waals surface area contributed by atoms with Crippen LogP contribution < -0.4 is 5.32 Å². The van der Waals surface area contributed by atoms with Crippen molar-refractivity contribution in [2.75, 3.05) is 13.2 Å². The number of aliphatic hydroxyl groups is 1. The van der Waals surface area contributed by atoms with Crippen LogP contribution in [0.4, 0.5) is 0 Å². The Bertz CT molecular complexity index is 383. The number of rotatable bonds is 5. The third-order valence-corrected chi connectivity index (χ3v) is 3.52. The van der Waals surface area contributed by atoms with Crippen molar-refractivity contribution in [1.29, 1.82) is 0 Å². The van der Waals surface area contributed by atoms with Gasteiger partial charge in [0.15, 0.2) is 0 Å². The van der Waals surface area contributed by atoms with Gasteiger partial charge in [0.2, 0.25) is 0 Å². The second-order valence-corrected chi connectivity index (χ2v) is 5.72. The fourth-order valence-electron chi connectivity index (χ4n) is 1.80. The Morgan fingerprint density at radius 3 is 2.35 bits per heavy atom. The van der Waals surface area contributed by atoms with Gasteiger partial charge in [-0.2, -0.15) is 0 Å². The second kappa shape index (κ2) is 5.65. The van der Waals surface area contributed by atoms with Crippen LogP contribution in [0, 0.1) is 26.2 Å². The van der Waals surface area contributed by atoms with Crippen molar-refractivity contribution in [3.8, 4) is 0 Å². The summed E-state index contributed by atoms with van der Waals surface area (Å²) in [7, 11) is 0. The molecule has 2 heteroatoms. The monoisotopic (exact) mass is 235 g/mol. The minimum Gasteiger partial charge on any atom is -0.396 e. The second-order valence-electron chi connectivity index (χ2n) is 5.72. The predicted molar refractivity (Wildman–Crippen MR) is 73.2 cm³/mol. The van der Waals surface area contributed by atoms with Crippen molar-refractivity contribution < 1.29 is 5.11 Å². The van der Waals surface area contributed by atoms with Crippen molar-refractivity contribution in [3.63, 3.8) is 0 Å². The van der Waals surface area contributed by atoms with Crippen LogP contribution in [0.2, 0.25) is 0 Å². The molecule has 0 atom stereocenters. The van der Waals surface area contributed by atoms with E-state index in [1.165, 1.54) is 22.3 Å². The molecule has 1 aromatic carbocycles. The van der Waals surface area contributed by atoms with Crippen LogP contribution in [0.15, 0.2) is 12.1 Å². The van der Waals surface area contributed by atoms with Crippen molar-refractivity contribution >= 4 is 0 Å². The summed E-state index contributed by atoms with van der Waals surface area (Å²) in [6, 6.07) is 4.37. The van der Waals surface area contributed by atoms with Gasteiger partial charge in [-0.05, 0) is 43.0 Å². The quantitative estimate of drug-likeness (QED) is 0.822. The van der Waals surface area contributed by atoms with E-state index in [-0.39, 0.29) is 12.0 Å². The lowest BCUT2D eigenvalue weighted by atomic mass is 9.94. The van der Waals surface area contributed by atoms with Crippen LogP contribution >= 0.6 is 0 Å². The summed E-state index contributed by atoms with van der Waals surface area (Å²) < 4.78 is 0. The van der Waals surface area contributed by atoms with Crippen molar-refractivity contribution in [2.45, 2.75) is 41.2 Å². The molecule has 2 N–H and O–H groups in total. The largest absolute Gasteiger partial charge is 0.396 e. The Balaban J connectivity index is 2.62. The Hall–Kier alpha value is -0.860. The maximum atomic E-state index is 9.19. The molecule has 0 saturated carbocycles. The van der Waals surface area contributed by atoms with Crippen molar-refractivity contribution in [1.82, 2.24) is 5.32 Å². The average molecular weight is 235 g/mol. The van der Waals surface area contributed by atoms with E-state index in [0.717, 1.165) is 13.1 Å². The summed E-state index contributed by atoms with van der Waals surface area (Å²) in [4.78, 5) is 0. The summed E-state index contributed by atoms with van der Waals surface area (Å²) in [5, 5.41) is 12.6. The van der Waals surface area contributed by atoms with Gasteiger partial charge in [-0.3, -0.25) is 0 Å². The highest BCUT2D eigenvalue weighted by atomic mass is 16.3. The first kappa shape index (κ1) is 14.2. The number of nitrogens with one attached hydrogen (secondary N) is 1. The maximum Gasteiger partial charge on any atom is 0.0494 e. The van der Waals surface area contributed by atoms with Crippen LogP contribution in [0.1, 0.15) is 36.1 Å². The molecular formula is C15H25NO. The normalized spacial score (nSPS) is 11.9. The van der Waals surface area contributed by atoms with E-state index in [2.05, 4.69) is 52.1 Å². The van der Waals surface area contributed by atoms with E-state index in [0.29, 0.717) is 0 Å². The molecule has 96 valence electrons. The van der Waals surface area contributed by atoms with Gasteiger partial charge in [-0.1, -0.05) is 26.0 Å². The Labute approximate surface area is 105 Å². The Morgan fingerprint density at radius 1 is 1.12 bits per heavy atom. The smallest absolute Gasteiger partial charge is 0.0494 e. The number of hydrogen-bond acceptors (Lipinski definition) is 2. The number of aliphatic hydroxyl groups excluding tert-OH is 1. The first-order chi connectivity index (χ1) is 7.87. The zero-order chi connectivity index (χ0) is 13.1. The molecule has 0 bridgehead atoms. The molecule has 17 heavy (non-hydrogen) atoms. The lowest BCUT2D eigenvalue weighted by Crippen LogP contribution is -2.32. The van der Waals surface area contributed by atoms with Crippen LogP contribution in [-0.4, -0.2) is 18.3 Å². The van der Waals surface area contributed by atoms with Crippen molar-refractivity contribution in [3.05, 3.63) is 34.4 Å². The Morgan fingerprint density at radius 2 is 1.76 bits per heavy atom. The van der Waals surface area contributed by atoms with Gasteiger partial charge in [0.25, 0.3) is 0 Å². The van der Waals surface area contributed by atoms with Gasteiger partial charge in [0, 0.05) is 25.1 Å². The minimum absolute atomic E-state index is 0.0480. The van der Waals surface area contributed by atoms with Crippen LogP contribution in [0.3, 0.4) is 0 Å². The first-order valence-electron chi connectivity index (χ1n) is 6.24. The Kier molecular flexibility index (Phi) is 4.72. The molecule has 0 saturated heterocycles. The highest BCUT2D eigenvalue weighted by molar-refractivity contribution is 5.38. The molecule has 0 radical (unpaired) electrons. The molecule has 0 aliphatic carbocycles. The summed E-state index contributed by atoms with van der Waals surface area (Å²) >= 11 is 0.